The average Bonchev–Trinajstić information content (AvgIpc) is 3.30. The highest BCUT2D eigenvalue weighted by molar-refractivity contribution is 5.88. The third kappa shape index (κ3) is 2.71. The number of fused-ring (bicyclic) bond motifs is 1. The lowest BCUT2D eigenvalue weighted by Crippen LogP contribution is -2.30. The third-order valence-electron chi connectivity index (χ3n) is 5.83. The largest absolute Gasteiger partial charge is 0.491 e. The molecule has 2 aliphatic rings. The van der Waals surface area contributed by atoms with E-state index in [0.29, 0.717) is 17.7 Å². The molecule has 1 aliphatic heterocycles. The molecule has 0 bridgehead atoms. The number of nitrogens with zero attached hydrogens (tertiary/aromatic N) is 2. The minimum Gasteiger partial charge on any atom is -0.491 e. The lowest BCUT2D eigenvalue weighted by molar-refractivity contribution is 0.404. The van der Waals surface area contributed by atoms with E-state index in [-0.39, 0.29) is 11.6 Å². The van der Waals surface area contributed by atoms with Gasteiger partial charge in [-0.05, 0) is 56.7 Å². The molecule has 1 aromatic carbocycles. The van der Waals surface area contributed by atoms with Crippen LogP contribution >= 0.6 is 0 Å². The van der Waals surface area contributed by atoms with Gasteiger partial charge in [0.25, 0.3) is 5.56 Å². The Morgan fingerprint density at radius 3 is 2.64 bits per heavy atom. The van der Waals surface area contributed by atoms with Crippen molar-refractivity contribution in [1.82, 2.24) is 4.57 Å². The normalized spacial score (nSPS) is 21.8. The molecule has 0 unspecified atom stereocenters. The number of benzene rings is 1. The minimum absolute atomic E-state index is 0.00683. The molecule has 2 heterocycles. The molecule has 0 spiro atoms. The molecule has 5 heteroatoms. The molecular formula is C20H27N3O2. The third-order valence-corrected chi connectivity index (χ3v) is 5.83. The number of hydrogen-bond acceptors (Lipinski definition) is 4. The van der Waals surface area contributed by atoms with Gasteiger partial charge in [0.2, 0.25) is 0 Å². The first-order chi connectivity index (χ1) is 12.0. The second-order valence-corrected chi connectivity index (χ2v) is 7.62. The Bertz CT molecular complexity index is 867. The molecule has 1 aromatic heterocycles. The van der Waals surface area contributed by atoms with Crippen molar-refractivity contribution < 1.29 is 4.74 Å². The Hall–Kier alpha value is -2.01. The van der Waals surface area contributed by atoms with E-state index < -0.39 is 0 Å². The van der Waals surface area contributed by atoms with Crippen LogP contribution in [0.15, 0.2) is 23.0 Å². The van der Waals surface area contributed by atoms with Gasteiger partial charge in [-0.2, -0.15) is 0 Å². The molecule has 1 saturated heterocycles. The van der Waals surface area contributed by atoms with Crippen LogP contribution in [0.5, 0.6) is 5.75 Å². The van der Waals surface area contributed by atoms with Gasteiger partial charge in [0, 0.05) is 36.2 Å². The van der Waals surface area contributed by atoms with Crippen LogP contribution in [0, 0.1) is 12.8 Å². The molecule has 5 nitrogen and oxygen atoms in total. The summed E-state index contributed by atoms with van der Waals surface area (Å²) in [6, 6.07) is 6.72. The van der Waals surface area contributed by atoms with Crippen LogP contribution in [0.1, 0.15) is 37.8 Å². The number of aromatic nitrogens is 1. The van der Waals surface area contributed by atoms with E-state index in [1.54, 1.807) is 7.11 Å². The monoisotopic (exact) mass is 341 g/mol. The van der Waals surface area contributed by atoms with E-state index in [1.165, 1.54) is 11.3 Å². The fourth-order valence-corrected chi connectivity index (χ4v) is 4.18. The molecule has 0 radical (unpaired) electrons. The maximum Gasteiger partial charge on any atom is 0.293 e. The van der Waals surface area contributed by atoms with Crippen molar-refractivity contribution in [2.75, 3.05) is 25.1 Å². The zero-order chi connectivity index (χ0) is 17.7. The van der Waals surface area contributed by atoms with E-state index in [2.05, 4.69) is 30.9 Å². The lowest BCUT2D eigenvalue weighted by Gasteiger charge is -2.24. The van der Waals surface area contributed by atoms with Gasteiger partial charge in [-0.1, -0.05) is 6.07 Å². The first kappa shape index (κ1) is 16.5. The topological polar surface area (TPSA) is 60.5 Å². The molecule has 1 aliphatic carbocycles. The van der Waals surface area contributed by atoms with Gasteiger partial charge in [-0.3, -0.25) is 4.79 Å². The summed E-state index contributed by atoms with van der Waals surface area (Å²) in [6.45, 7) is 6.26. The first-order valence-electron chi connectivity index (χ1n) is 9.24. The van der Waals surface area contributed by atoms with Crippen molar-refractivity contribution in [2.24, 2.45) is 11.7 Å². The Morgan fingerprint density at radius 2 is 2.04 bits per heavy atom. The van der Waals surface area contributed by atoms with Gasteiger partial charge < -0.3 is 19.9 Å². The Labute approximate surface area is 148 Å². The smallest absolute Gasteiger partial charge is 0.293 e. The molecule has 134 valence electrons. The van der Waals surface area contributed by atoms with Gasteiger partial charge in [0.05, 0.1) is 12.6 Å². The number of anilines is 1. The van der Waals surface area contributed by atoms with Gasteiger partial charge >= 0.3 is 0 Å². The van der Waals surface area contributed by atoms with E-state index in [1.807, 2.05) is 10.6 Å². The molecule has 2 N–H and O–H groups in total. The van der Waals surface area contributed by atoms with Crippen molar-refractivity contribution in [2.45, 2.75) is 45.2 Å². The van der Waals surface area contributed by atoms with Crippen LogP contribution in [0.4, 0.5) is 5.69 Å². The Kier molecular flexibility index (Phi) is 3.99. The summed E-state index contributed by atoms with van der Waals surface area (Å²) < 4.78 is 7.29. The molecule has 0 amide bonds. The Balaban J connectivity index is 1.85. The quantitative estimate of drug-likeness (QED) is 0.929. The summed E-state index contributed by atoms with van der Waals surface area (Å²) in [4.78, 5) is 15.3. The predicted molar refractivity (Wildman–Crippen MR) is 102 cm³/mol. The molecule has 2 fully saturated rings. The Morgan fingerprint density at radius 1 is 1.28 bits per heavy atom. The van der Waals surface area contributed by atoms with E-state index in [9.17, 15) is 4.79 Å². The summed E-state index contributed by atoms with van der Waals surface area (Å²) in [7, 11) is 1.57. The number of ether oxygens (including phenoxy) is 1. The van der Waals surface area contributed by atoms with Crippen molar-refractivity contribution >= 4 is 16.6 Å². The van der Waals surface area contributed by atoms with Gasteiger partial charge in [0.15, 0.2) is 5.75 Å². The number of nitrogens with two attached hydrogens (primary N) is 1. The molecule has 2 aromatic rings. The number of rotatable bonds is 4. The zero-order valence-electron chi connectivity index (χ0n) is 15.3. The summed E-state index contributed by atoms with van der Waals surface area (Å²) in [5, 5.41) is 1.08. The van der Waals surface area contributed by atoms with E-state index in [0.717, 1.165) is 43.3 Å². The van der Waals surface area contributed by atoms with Crippen LogP contribution in [-0.4, -0.2) is 30.8 Å². The van der Waals surface area contributed by atoms with Crippen LogP contribution < -0.4 is 20.9 Å². The standard InChI is InChI=1S/C20H27N3O2/c1-12-17(22-9-8-15(11-22)13(2)21)7-4-14-10-18(25-3)20(24)23(19(12)14)16-5-6-16/h4,7,10,13,15-16H,5-6,8-9,11,21H2,1-3H3/t13-,15+/m0/s1. The lowest BCUT2D eigenvalue weighted by atomic mass is 10.0. The first-order valence-corrected chi connectivity index (χ1v) is 9.24. The van der Waals surface area contributed by atoms with Crippen molar-refractivity contribution in [1.29, 1.82) is 0 Å². The summed E-state index contributed by atoms with van der Waals surface area (Å²) in [5.41, 5.74) is 9.58. The zero-order valence-corrected chi connectivity index (χ0v) is 15.3. The molecular weight excluding hydrogens is 314 g/mol. The second-order valence-electron chi connectivity index (χ2n) is 7.62. The number of hydrogen-bond donors (Lipinski definition) is 1. The fraction of sp³-hybridized carbons (Fsp3) is 0.550. The highest BCUT2D eigenvalue weighted by Gasteiger charge is 2.30. The number of pyridine rings is 1. The number of aryl methyl sites for hydroxylation is 1. The maximum atomic E-state index is 12.8. The van der Waals surface area contributed by atoms with Gasteiger partial charge in [0.1, 0.15) is 0 Å². The maximum absolute atomic E-state index is 12.8. The number of methoxy groups -OCH3 is 1. The molecule has 1 saturated carbocycles. The highest BCUT2D eigenvalue weighted by atomic mass is 16.5. The van der Waals surface area contributed by atoms with E-state index >= 15 is 0 Å². The van der Waals surface area contributed by atoms with Crippen LogP contribution in [0.2, 0.25) is 0 Å². The predicted octanol–water partition coefficient (Wildman–Crippen LogP) is 2.83. The van der Waals surface area contributed by atoms with Crippen LogP contribution in [-0.2, 0) is 0 Å². The van der Waals surface area contributed by atoms with Crippen molar-refractivity contribution in [3.05, 3.63) is 34.1 Å². The van der Waals surface area contributed by atoms with Gasteiger partial charge in [-0.15, -0.1) is 0 Å². The van der Waals surface area contributed by atoms with Crippen molar-refractivity contribution in [3.8, 4) is 5.75 Å². The highest BCUT2D eigenvalue weighted by Crippen LogP contribution is 2.39. The van der Waals surface area contributed by atoms with Crippen LogP contribution in [0.3, 0.4) is 0 Å². The average molecular weight is 341 g/mol. The SMILES string of the molecule is COc1cc2ccc(N3CC[C@@H]([C@H](C)N)C3)c(C)c2n(C2CC2)c1=O. The summed E-state index contributed by atoms with van der Waals surface area (Å²) in [6.07, 6.45) is 3.28. The minimum atomic E-state index is -0.00683. The molecule has 4 rings (SSSR count). The molecule has 25 heavy (non-hydrogen) atoms. The fourth-order valence-electron chi connectivity index (χ4n) is 4.18. The summed E-state index contributed by atoms with van der Waals surface area (Å²) in [5.74, 6) is 0.973. The van der Waals surface area contributed by atoms with Gasteiger partial charge in [-0.25, -0.2) is 0 Å². The van der Waals surface area contributed by atoms with Crippen LogP contribution in [0.25, 0.3) is 10.9 Å². The summed E-state index contributed by atoms with van der Waals surface area (Å²) >= 11 is 0. The van der Waals surface area contributed by atoms with Crippen molar-refractivity contribution in [3.63, 3.8) is 0 Å². The molecule has 2 atom stereocenters. The second kappa shape index (κ2) is 6.06. The van der Waals surface area contributed by atoms with E-state index in [4.69, 9.17) is 10.5 Å².